The monoisotopic (exact) mass is 298 g/mol. The Bertz CT molecular complexity index is 706. The molecule has 1 unspecified atom stereocenters. The molecule has 1 aromatic carbocycles. The summed E-state index contributed by atoms with van der Waals surface area (Å²) >= 11 is 0. The quantitative estimate of drug-likeness (QED) is 0.943. The summed E-state index contributed by atoms with van der Waals surface area (Å²) in [6.45, 7) is 1.42. The Morgan fingerprint density at radius 1 is 1.23 bits per heavy atom. The van der Waals surface area contributed by atoms with Gasteiger partial charge in [-0.2, -0.15) is 0 Å². The van der Waals surface area contributed by atoms with Crippen molar-refractivity contribution < 1.29 is 14.3 Å². The van der Waals surface area contributed by atoms with Crippen LogP contribution >= 0.6 is 0 Å². The van der Waals surface area contributed by atoms with E-state index in [4.69, 9.17) is 9.47 Å². The van der Waals surface area contributed by atoms with Gasteiger partial charge in [-0.15, -0.1) is 0 Å². The van der Waals surface area contributed by atoms with E-state index < -0.39 is 0 Å². The third-order valence-corrected chi connectivity index (χ3v) is 4.08. The molecule has 2 aromatic rings. The first-order chi connectivity index (χ1) is 10.8. The van der Waals surface area contributed by atoms with Crippen molar-refractivity contribution in [1.82, 2.24) is 4.98 Å². The van der Waals surface area contributed by atoms with Crippen LogP contribution < -0.4 is 10.1 Å². The molecule has 1 aromatic heterocycles. The number of carbonyl (C=O) groups excluding carboxylic acids is 1. The number of amides is 1. The minimum atomic E-state index is 0.0769. The first-order valence-corrected chi connectivity index (χ1v) is 7.73. The third-order valence-electron chi connectivity index (χ3n) is 4.08. The van der Waals surface area contributed by atoms with Gasteiger partial charge in [0.1, 0.15) is 17.7 Å². The highest BCUT2D eigenvalue weighted by Gasteiger charge is 2.29. The Morgan fingerprint density at radius 3 is 2.91 bits per heavy atom. The smallest absolute Gasteiger partial charge is 0.228 e. The lowest BCUT2D eigenvalue weighted by molar-refractivity contribution is -0.117. The summed E-state index contributed by atoms with van der Waals surface area (Å²) in [5.41, 5.74) is 0. The molecule has 1 aliphatic carbocycles. The average molecular weight is 298 g/mol. The number of carbonyl (C=O) groups is 1. The predicted octanol–water partition coefficient (Wildman–Crippen LogP) is 2.75. The number of hydrogen-bond donors (Lipinski definition) is 1. The zero-order valence-electron chi connectivity index (χ0n) is 12.2. The van der Waals surface area contributed by atoms with Crippen LogP contribution in [0.25, 0.3) is 10.8 Å². The van der Waals surface area contributed by atoms with Crippen LogP contribution in [0.2, 0.25) is 0 Å². The number of anilines is 1. The van der Waals surface area contributed by atoms with Crippen LogP contribution in [0, 0.1) is 5.92 Å². The first kappa shape index (κ1) is 13.5. The molecule has 5 nitrogen and oxygen atoms in total. The number of benzene rings is 1. The van der Waals surface area contributed by atoms with Crippen molar-refractivity contribution in [3.05, 3.63) is 30.5 Å². The van der Waals surface area contributed by atoms with Crippen molar-refractivity contribution in [2.45, 2.75) is 25.4 Å². The van der Waals surface area contributed by atoms with Gasteiger partial charge < -0.3 is 14.8 Å². The van der Waals surface area contributed by atoms with Gasteiger partial charge in [-0.1, -0.05) is 6.07 Å². The van der Waals surface area contributed by atoms with E-state index in [-0.39, 0.29) is 17.9 Å². The maximum Gasteiger partial charge on any atom is 0.228 e. The molecule has 2 heterocycles. The Morgan fingerprint density at radius 2 is 2.14 bits per heavy atom. The fourth-order valence-corrected chi connectivity index (χ4v) is 2.63. The second-order valence-electron chi connectivity index (χ2n) is 5.95. The largest absolute Gasteiger partial charge is 0.488 e. The summed E-state index contributed by atoms with van der Waals surface area (Å²) in [5.74, 6) is 1.71. The first-order valence-electron chi connectivity index (χ1n) is 7.73. The van der Waals surface area contributed by atoms with Crippen LogP contribution in [0.15, 0.2) is 30.5 Å². The molecule has 1 amide bonds. The maximum absolute atomic E-state index is 11.8. The Balaban J connectivity index is 1.51. The second kappa shape index (κ2) is 5.57. The lowest BCUT2D eigenvalue weighted by atomic mass is 10.1. The van der Waals surface area contributed by atoms with Gasteiger partial charge in [-0.3, -0.25) is 4.79 Å². The summed E-state index contributed by atoms with van der Waals surface area (Å²) in [6, 6.07) is 7.83. The predicted molar refractivity (Wildman–Crippen MR) is 82.9 cm³/mol. The van der Waals surface area contributed by atoms with Crippen molar-refractivity contribution in [1.29, 1.82) is 0 Å². The highest BCUT2D eigenvalue weighted by Crippen LogP contribution is 2.30. The van der Waals surface area contributed by atoms with E-state index in [1.54, 1.807) is 6.20 Å². The topological polar surface area (TPSA) is 60.5 Å². The van der Waals surface area contributed by atoms with Gasteiger partial charge in [0.2, 0.25) is 5.91 Å². The number of fused-ring (bicyclic) bond motifs is 1. The van der Waals surface area contributed by atoms with E-state index >= 15 is 0 Å². The fourth-order valence-electron chi connectivity index (χ4n) is 2.63. The van der Waals surface area contributed by atoms with E-state index in [0.717, 1.165) is 42.4 Å². The molecule has 2 aliphatic rings. The fraction of sp³-hybridized carbons (Fsp3) is 0.412. The van der Waals surface area contributed by atoms with E-state index in [9.17, 15) is 4.79 Å². The van der Waals surface area contributed by atoms with Gasteiger partial charge in [-0.05, 0) is 36.4 Å². The molecular weight excluding hydrogens is 280 g/mol. The maximum atomic E-state index is 11.8. The number of hydrogen-bond acceptors (Lipinski definition) is 4. The van der Waals surface area contributed by atoms with Gasteiger partial charge in [-0.25, -0.2) is 4.98 Å². The average Bonchev–Trinajstić information content (AvgIpc) is 3.26. The lowest BCUT2D eigenvalue weighted by Crippen LogP contribution is -2.15. The molecule has 2 fully saturated rings. The van der Waals surface area contributed by atoms with Crippen molar-refractivity contribution >= 4 is 22.5 Å². The minimum Gasteiger partial charge on any atom is -0.488 e. The third kappa shape index (κ3) is 2.90. The van der Waals surface area contributed by atoms with Gasteiger partial charge in [0.25, 0.3) is 0 Å². The molecular formula is C17H18N2O3. The highest BCUT2D eigenvalue weighted by atomic mass is 16.5. The van der Waals surface area contributed by atoms with Crippen LogP contribution in [0.1, 0.15) is 19.3 Å². The van der Waals surface area contributed by atoms with Crippen molar-refractivity contribution in [3.8, 4) is 5.75 Å². The number of nitrogens with one attached hydrogen (secondary N) is 1. The standard InChI is InChI=1S/C17H18N2O3/c20-17(11-1-2-11)19-16-8-12-3-4-14(7-13(12)9-18-16)22-15-5-6-21-10-15/h3-4,7-9,11,15H,1-2,5-6,10H2,(H,18,19,20). The SMILES string of the molecule is O=C(Nc1cc2ccc(OC3CCOC3)cc2cn1)C1CC1. The highest BCUT2D eigenvalue weighted by molar-refractivity contribution is 5.95. The number of nitrogens with zero attached hydrogens (tertiary/aromatic N) is 1. The van der Waals surface area contributed by atoms with Gasteiger partial charge >= 0.3 is 0 Å². The molecule has 0 bridgehead atoms. The Labute approximate surface area is 128 Å². The van der Waals surface area contributed by atoms with E-state index in [1.807, 2.05) is 24.3 Å². The second-order valence-corrected chi connectivity index (χ2v) is 5.95. The Hall–Kier alpha value is -2.14. The van der Waals surface area contributed by atoms with E-state index in [1.165, 1.54) is 0 Å². The number of aromatic nitrogens is 1. The zero-order valence-corrected chi connectivity index (χ0v) is 12.2. The molecule has 5 heteroatoms. The molecule has 0 radical (unpaired) electrons. The lowest BCUT2D eigenvalue weighted by Gasteiger charge is -2.12. The van der Waals surface area contributed by atoms with Crippen LogP contribution in [-0.2, 0) is 9.53 Å². The van der Waals surface area contributed by atoms with Crippen LogP contribution in [0.5, 0.6) is 5.75 Å². The van der Waals surface area contributed by atoms with Crippen LogP contribution in [0.4, 0.5) is 5.82 Å². The molecule has 1 atom stereocenters. The molecule has 1 saturated heterocycles. The van der Waals surface area contributed by atoms with E-state index in [2.05, 4.69) is 10.3 Å². The molecule has 1 aliphatic heterocycles. The van der Waals surface area contributed by atoms with Crippen molar-refractivity contribution in [2.24, 2.45) is 5.92 Å². The van der Waals surface area contributed by atoms with Gasteiger partial charge in [0.15, 0.2) is 0 Å². The minimum absolute atomic E-state index is 0.0769. The van der Waals surface area contributed by atoms with Crippen molar-refractivity contribution in [3.63, 3.8) is 0 Å². The summed E-state index contributed by atoms with van der Waals surface area (Å²) < 4.78 is 11.2. The molecule has 4 rings (SSSR count). The summed E-state index contributed by atoms with van der Waals surface area (Å²) in [6.07, 6.45) is 4.83. The molecule has 1 N–H and O–H groups in total. The normalized spacial score (nSPS) is 21.0. The number of pyridine rings is 1. The zero-order chi connectivity index (χ0) is 14.9. The number of ether oxygens (including phenoxy) is 2. The molecule has 114 valence electrons. The summed E-state index contributed by atoms with van der Waals surface area (Å²) in [5, 5.41) is 4.91. The molecule has 22 heavy (non-hydrogen) atoms. The van der Waals surface area contributed by atoms with E-state index in [0.29, 0.717) is 12.4 Å². The molecule has 1 saturated carbocycles. The van der Waals surface area contributed by atoms with Crippen molar-refractivity contribution in [2.75, 3.05) is 18.5 Å². The van der Waals surface area contributed by atoms with Gasteiger partial charge in [0.05, 0.1) is 13.2 Å². The van der Waals surface area contributed by atoms with Crippen LogP contribution in [-0.4, -0.2) is 30.2 Å². The van der Waals surface area contributed by atoms with Crippen LogP contribution in [0.3, 0.4) is 0 Å². The Kier molecular flexibility index (Phi) is 3.42. The van der Waals surface area contributed by atoms with Gasteiger partial charge in [0, 0.05) is 23.9 Å². The summed E-state index contributed by atoms with van der Waals surface area (Å²) in [7, 11) is 0. The number of rotatable bonds is 4. The molecule has 0 spiro atoms. The summed E-state index contributed by atoms with van der Waals surface area (Å²) in [4.78, 5) is 16.1.